The van der Waals surface area contributed by atoms with Crippen molar-refractivity contribution in [3.05, 3.63) is 71.5 Å². The molecule has 25 heavy (non-hydrogen) atoms. The van der Waals surface area contributed by atoms with Gasteiger partial charge in [-0.3, -0.25) is 10.1 Å². The molecule has 0 radical (unpaired) electrons. The molecule has 1 amide bonds. The molecule has 1 aromatic heterocycles. The van der Waals surface area contributed by atoms with E-state index in [1.165, 1.54) is 11.9 Å². The molecule has 1 aliphatic rings. The Morgan fingerprint density at radius 3 is 2.68 bits per heavy atom. The quantitative estimate of drug-likeness (QED) is 0.796. The highest BCUT2D eigenvalue weighted by Gasteiger charge is 2.27. The van der Waals surface area contributed by atoms with Crippen LogP contribution in [0.2, 0.25) is 0 Å². The first-order valence-electron chi connectivity index (χ1n) is 8.17. The first-order valence-corrected chi connectivity index (χ1v) is 8.17. The Balaban J connectivity index is 1.47. The fourth-order valence-electron chi connectivity index (χ4n) is 2.90. The molecule has 126 valence electrons. The Kier molecular flexibility index (Phi) is 3.93. The van der Waals surface area contributed by atoms with Gasteiger partial charge in [-0.2, -0.15) is 10.1 Å². The third kappa shape index (κ3) is 3.24. The van der Waals surface area contributed by atoms with Crippen molar-refractivity contribution in [2.45, 2.75) is 26.0 Å². The molecular weight excluding hydrogens is 316 g/mol. The molecule has 1 atom stereocenters. The van der Waals surface area contributed by atoms with Gasteiger partial charge in [-0.25, -0.2) is 4.68 Å². The lowest BCUT2D eigenvalue weighted by atomic mass is 10.0. The van der Waals surface area contributed by atoms with Crippen LogP contribution in [0.15, 0.2) is 54.9 Å². The number of benzene rings is 2. The predicted molar refractivity (Wildman–Crippen MR) is 93.4 cm³/mol. The van der Waals surface area contributed by atoms with Crippen LogP contribution in [-0.2, 0) is 11.4 Å². The minimum atomic E-state index is -0.141. The SMILES string of the molecule is Cc1ccc(COc2ccc([C@H]3CC(=O)Nc4ncnn43)cc2)cc1. The van der Waals surface area contributed by atoms with Crippen molar-refractivity contribution < 1.29 is 9.53 Å². The monoisotopic (exact) mass is 334 g/mol. The second kappa shape index (κ2) is 6.39. The molecular formula is C19H18N4O2. The van der Waals surface area contributed by atoms with Crippen molar-refractivity contribution in [1.82, 2.24) is 14.8 Å². The first-order chi connectivity index (χ1) is 12.2. The number of hydrogen-bond acceptors (Lipinski definition) is 4. The highest BCUT2D eigenvalue weighted by Crippen LogP contribution is 2.29. The average molecular weight is 334 g/mol. The van der Waals surface area contributed by atoms with E-state index in [1.54, 1.807) is 4.68 Å². The van der Waals surface area contributed by atoms with Gasteiger partial charge in [0, 0.05) is 0 Å². The van der Waals surface area contributed by atoms with Crippen LogP contribution in [0.25, 0.3) is 0 Å². The molecule has 3 aromatic rings. The molecule has 6 heteroatoms. The minimum Gasteiger partial charge on any atom is -0.489 e. The van der Waals surface area contributed by atoms with Crippen LogP contribution in [-0.4, -0.2) is 20.7 Å². The maximum Gasteiger partial charge on any atom is 0.229 e. The first kappa shape index (κ1) is 15.4. The van der Waals surface area contributed by atoms with E-state index >= 15 is 0 Å². The molecule has 0 saturated heterocycles. The average Bonchev–Trinajstić information content (AvgIpc) is 3.09. The van der Waals surface area contributed by atoms with Gasteiger partial charge >= 0.3 is 0 Å². The number of anilines is 1. The van der Waals surface area contributed by atoms with Crippen molar-refractivity contribution in [1.29, 1.82) is 0 Å². The van der Waals surface area contributed by atoms with E-state index < -0.39 is 0 Å². The smallest absolute Gasteiger partial charge is 0.229 e. The summed E-state index contributed by atoms with van der Waals surface area (Å²) in [5, 5.41) is 6.93. The normalized spacial score (nSPS) is 16.2. The molecule has 6 nitrogen and oxygen atoms in total. The summed E-state index contributed by atoms with van der Waals surface area (Å²) < 4.78 is 7.58. The van der Waals surface area contributed by atoms with Crippen molar-refractivity contribution >= 4 is 11.9 Å². The van der Waals surface area contributed by atoms with Gasteiger partial charge in [-0.1, -0.05) is 42.0 Å². The van der Waals surface area contributed by atoms with Gasteiger partial charge in [0.25, 0.3) is 0 Å². The number of fused-ring (bicyclic) bond motifs is 1. The van der Waals surface area contributed by atoms with Crippen molar-refractivity contribution in [3.8, 4) is 5.75 Å². The molecule has 1 N–H and O–H groups in total. The Hall–Kier alpha value is -3.15. The number of ether oxygens (including phenoxy) is 1. The molecule has 2 aromatic carbocycles. The number of aryl methyl sites for hydroxylation is 1. The van der Waals surface area contributed by atoms with Crippen molar-refractivity contribution in [3.63, 3.8) is 0 Å². The Bertz CT molecular complexity index is 885. The number of nitrogens with zero attached hydrogens (tertiary/aromatic N) is 3. The minimum absolute atomic E-state index is 0.0507. The number of rotatable bonds is 4. The zero-order chi connectivity index (χ0) is 17.2. The fraction of sp³-hybridized carbons (Fsp3) is 0.211. The molecule has 0 fully saturated rings. The summed E-state index contributed by atoms with van der Waals surface area (Å²) in [5.41, 5.74) is 3.37. The van der Waals surface area contributed by atoms with E-state index in [0.29, 0.717) is 19.0 Å². The summed E-state index contributed by atoms with van der Waals surface area (Å²) in [6, 6.07) is 15.9. The lowest BCUT2D eigenvalue weighted by Crippen LogP contribution is -2.29. The van der Waals surface area contributed by atoms with Crippen LogP contribution >= 0.6 is 0 Å². The zero-order valence-corrected chi connectivity index (χ0v) is 13.8. The summed E-state index contributed by atoms with van der Waals surface area (Å²) in [5.74, 6) is 1.23. The van der Waals surface area contributed by atoms with E-state index in [-0.39, 0.29) is 11.9 Å². The number of carbonyl (C=O) groups excluding carboxylic acids is 1. The van der Waals surface area contributed by atoms with Gasteiger partial charge in [-0.05, 0) is 30.2 Å². The fourth-order valence-corrected chi connectivity index (χ4v) is 2.90. The van der Waals surface area contributed by atoms with Gasteiger partial charge in [-0.15, -0.1) is 0 Å². The molecule has 1 aliphatic heterocycles. The molecule has 4 rings (SSSR count). The lowest BCUT2D eigenvalue weighted by Gasteiger charge is -2.23. The number of carbonyl (C=O) groups is 1. The highest BCUT2D eigenvalue weighted by atomic mass is 16.5. The van der Waals surface area contributed by atoms with Crippen molar-refractivity contribution in [2.75, 3.05) is 5.32 Å². The highest BCUT2D eigenvalue weighted by molar-refractivity contribution is 5.91. The van der Waals surface area contributed by atoms with Gasteiger partial charge in [0.05, 0.1) is 12.5 Å². The van der Waals surface area contributed by atoms with Gasteiger partial charge in [0.1, 0.15) is 18.7 Å². The molecule has 0 saturated carbocycles. The van der Waals surface area contributed by atoms with E-state index in [4.69, 9.17) is 4.74 Å². The predicted octanol–water partition coefficient (Wildman–Crippen LogP) is 3.10. The number of nitrogens with one attached hydrogen (secondary N) is 1. The Morgan fingerprint density at radius 2 is 1.92 bits per heavy atom. The van der Waals surface area contributed by atoms with Crippen LogP contribution in [0.4, 0.5) is 5.95 Å². The summed E-state index contributed by atoms with van der Waals surface area (Å²) >= 11 is 0. The van der Waals surface area contributed by atoms with E-state index in [9.17, 15) is 4.79 Å². The summed E-state index contributed by atoms with van der Waals surface area (Å²) in [6.45, 7) is 2.59. The maximum absolute atomic E-state index is 11.8. The number of amides is 1. The zero-order valence-electron chi connectivity index (χ0n) is 13.8. The summed E-state index contributed by atoms with van der Waals surface area (Å²) in [6.07, 6.45) is 1.80. The molecule has 0 aliphatic carbocycles. The van der Waals surface area contributed by atoms with Gasteiger partial charge in [0.15, 0.2) is 0 Å². The molecule has 0 unspecified atom stereocenters. The van der Waals surface area contributed by atoms with Crippen LogP contribution in [0.5, 0.6) is 5.75 Å². The second-order valence-corrected chi connectivity index (χ2v) is 6.14. The summed E-state index contributed by atoms with van der Waals surface area (Å²) in [7, 11) is 0. The largest absolute Gasteiger partial charge is 0.489 e. The van der Waals surface area contributed by atoms with E-state index in [2.05, 4.69) is 46.6 Å². The topological polar surface area (TPSA) is 69.0 Å². The summed E-state index contributed by atoms with van der Waals surface area (Å²) in [4.78, 5) is 15.9. The second-order valence-electron chi connectivity index (χ2n) is 6.14. The third-order valence-electron chi connectivity index (χ3n) is 4.29. The van der Waals surface area contributed by atoms with Crippen LogP contribution in [0.3, 0.4) is 0 Å². The van der Waals surface area contributed by atoms with E-state index in [0.717, 1.165) is 16.9 Å². The molecule has 0 spiro atoms. The lowest BCUT2D eigenvalue weighted by molar-refractivity contribution is -0.117. The van der Waals surface area contributed by atoms with E-state index in [1.807, 2.05) is 24.3 Å². The Morgan fingerprint density at radius 1 is 1.16 bits per heavy atom. The van der Waals surface area contributed by atoms with Crippen LogP contribution in [0, 0.1) is 6.92 Å². The number of hydrogen-bond donors (Lipinski definition) is 1. The Labute approximate surface area is 145 Å². The van der Waals surface area contributed by atoms with Crippen molar-refractivity contribution in [2.24, 2.45) is 0 Å². The standard InChI is InChI=1S/C19H18N4O2/c1-13-2-4-14(5-3-13)11-25-16-8-6-15(7-9-16)17-10-18(24)22-19-20-12-21-23(17)19/h2-9,12,17H,10-11H2,1H3,(H,20,21,22,24)/t17-/m1/s1. The molecule has 0 bridgehead atoms. The molecule has 2 heterocycles. The third-order valence-corrected chi connectivity index (χ3v) is 4.29. The number of aromatic nitrogens is 3. The maximum atomic E-state index is 11.8. The van der Waals surface area contributed by atoms with Crippen LogP contribution in [0.1, 0.15) is 29.2 Å². The van der Waals surface area contributed by atoms with Crippen LogP contribution < -0.4 is 10.1 Å². The van der Waals surface area contributed by atoms with Gasteiger partial charge < -0.3 is 4.74 Å². The van der Waals surface area contributed by atoms with Gasteiger partial charge in [0.2, 0.25) is 11.9 Å².